The average molecular weight is 406 g/mol. The van der Waals surface area contributed by atoms with Crippen LogP contribution in [0.1, 0.15) is 35.5 Å². The molecule has 0 saturated heterocycles. The van der Waals surface area contributed by atoms with Crippen LogP contribution in [-0.4, -0.2) is 42.5 Å². The summed E-state index contributed by atoms with van der Waals surface area (Å²) in [5.41, 5.74) is 7.40. The molecule has 2 N–H and O–H groups in total. The lowest BCUT2D eigenvalue weighted by molar-refractivity contribution is 0.0949. The fraction of sp³-hybridized carbons (Fsp3) is 0.261. The lowest BCUT2D eigenvalue weighted by Crippen LogP contribution is -2.21. The van der Waals surface area contributed by atoms with Crippen LogP contribution in [0.5, 0.6) is 5.75 Å². The standard InChI is InChI=1S/C23H27N5O2/c1-5-28(6-2)19-11-7-17(8-12-19)15-24-27-23(29)22-16(3)21(25-26-22)18-9-13-20(30-4)14-10-18/h7-15H,5-6H2,1-4H3,(H,25,26)(H,27,29)/b24-15-. The quantitative estimate of drug-likeness (QED) is 0.438. The maximum Gasteiger partial charge on any atom is 0.289 e. The first-order chi connectivity index (χ1) is 14.6. The maximum absolute atomic E-state index is 12.5. The summed E-state index contributed by atoms with van der Waals surface area (Å²) in [6, 6.07) is 15.6. The Morgan fingerprint density at radius 2 is 1.80 bits per heavy atom. The molecule has 0 unspecified atom stereocenters. The fourth-order valence-electron chi connectivity index (χ4n) is 3.23. The number of hydrazone groups is 1. The summed E-state index contributed by atoms with van der Waals surface area (Å²) in [5, 5.41) is 11.2. The SMILES string of the molecule is CCN(CC)c1ccc(/C=N\NC(=O)c2[nH]nc(-c3ccc(OC)cc3)c2C)cc1. The molecule has 2 aromatic carbocycles. The number of hydrogen-bond acceptors (Lipinski definition) is 5. The molecule has 0 aliphatic carbocycles. The Morgan fingerprint density at radius 1 is 1.13 bits per heavy atom. The van der Waals surface area contributed by atoms with Crippen LogP contribution < -0.4 is 15.1 Å². The number of benzene rings is 2. The molecule has 30 heavy (non-hydrogen) atoms. The number of nitrogens with zero attached hydrogens (tertiary/aromatic N) is 3. The number of hydrogen-bond donors (Lipinski definition) is 2. The van der Waals surface area contributed by atoms with E-state index in [9.17, 15) is 4.79 Å². The van der Waals surface area contributed by atoms with Gasteiger partial charge < -0.3 is 9.64 Å². The molecule has 7 nitrogen and oxygen atoms in total. The first-order valence-corrected chi connectivity index (χ1v) is 9.95. The Bertz CT molecular complexity index is 1000. The number of ether oxygens (including phenoxy) is 1. The molecule has 0 atom stereocenters. The minimum atomic E-state index is -0.337. The van der Waals surface area contributed by atoms with E-state index in [2.05, 4.69) is 51.6 Å². The van der Waals surface area contributed by atoms with E-state index in [1.165, 1.54) is 5.69 Å². The molecule has 0 spiro atoms. The van der Waals surface area contributed by atoms with E-state index < -0.39 is 0 Å². The Labute approximate surface area is 176 Å². The number of rotatable bonds is 8. The molecule has 1 heterocycles. The molecule has 3 rings (SSSR count). The number of anilines is 1. The molecule has 0 fully saturated rings. The number of carbonyl (C=O) groups excluding carboxylic acids is 1. The van der Waals surface area contributed by atoms with Crippen molar-refractivity contribution in [1.29, 1.82) is 0 Å². The van der Waals surface area contributed by atoms with Gasteiger partial charge in [0.2, 0.25) is 0 Å². The van der Waals surface area contributed by atoms with Gasteiger partial charge in [0, 0.05) is 29.9 Å². The average Bonchev–Trinajstić information content (AvgIpc) is 3.17. The molecule has 156 valence electrons. The Kier molecular flexibility index (Phi) is 6.85. The lowest BCUT2D eigenvalue weighted by Gasteiger charge is -2.20. The summed E-state index contributed by atoms with van der Waals surface area (Å²) >= 11 is 0. The molecule has 0 aliphatic heterocycles. The van der Waals surface area contributed by atoms with Crippen molar-refractivity contribution in [2.75, 3.05) is 25.1 Å². The maximum atomic E-state index is 12.5. The van der Waals surface area contributed by atoms with Gasteiger partial charge in [0.15, 0.2) is 0 Å². The number of aromatic nitrogens is 2. The molecule has 0 radical (unpaired) electrons. The van der Waals surface area contributed by atoms with Crippen molar-refractivity contribution >= 4 is 17.8 Å². The molecule has 7 heteroatoms. The first-order valence-electron chi connectivity index (χ1n) is 9.95. The van der Waals surface area contributed by atoms with Crippen LogP contribution in [0.3, 0.4) is 0 Å². The fourth-order valence-corrected chi connectivity index (χ4v) is 3.23. The van der Waals surface area contributed by atoms with Crippen molar-refractivity contribution in [3.63, 3.8) is 0 Å². The summed E-state index contributed by atoms with van der Waals surface area (Å²) in [5.74, 6) is 0.431. The molecule has 0 aliphatic rings. The second-order valence-corrected chi connectivity index (χ2v) is 6.76. The van der Waals surface area contributed by atoms with Crippen LogP contribution in [0, 0.1) is 6.92 Å². The van der Waals surface area contributed by atoms with Gasteiger partial charge in [-0.25, -0.2) is 5.43 Å². The predicted octanol–water partition coefficient (Wildman–Crippen LogP) is 4.00. The zero-order valence-corrected chi connectivity index (χ0v) is 17.8. The van der Waals surface area contributed by atoms with Crippen molar-refractivity contribution < 1.29 is 9.53 Å². The zero-order valence-electron chi connectivity index (χ0n) is 17.8. The molecule has 0 saturated carbocycles. The predicted molar refractivity (Wildman–Crippen MR) is 120 cm³/mol. The van der Waals surface area contributed by atoms with Crippen LogP contribution in [0.4, 0.5) is 5.69 Å². The van der Waals surface area contributed by atoms with Crippen LogP contribution in [0.2, 0.25) is 0 Å². The monoisotopic (exact) mass is 405 g/mol. The van der Waals surface area contributed by atoms with Gasteiger partial charge in [-0.1, -0.05) is 12.1 Å². The van der Waals surface area contributed by atoms with Crippen LogP contribution in [0.25, 0.3) is 11.3 Å². The highest BCUT2D eigenvalue weighted by molar-refractivity contribution is 5.96. The van der Waals surface area contributed by atoms with Gasteiger partial charge in [0.1, 0.15) is 11.4 Å². The minimum absolute atomic E-state index is 0.337. The molecular weight excluding hydrogens is 378 g/mol. The summed E-state index contributed by atoms with van der Waals surface area (Å²) in [7, 11) is 1.62. The molecule has 1 amide bonds. The third-order valence-corrected chi connectivity index (χ3v) is 5.00. The van der Waals surface area contributed by atoms with Crippen LogP contribution in [0.15, 0.2) is 53.6 Å². The summed E-state index contributed by atoms with van der Waals surface area (Å²) in [6.07, 6.45) is 1.62. The normalized spacial score (nSPS) is 10.9. The minimum Gasteiger partial charge on any atom is -0.497 e. The van der Waals surface area contributed by atoms with E-state index in [0.29, 0.717) is 5.69 Å². The van der Waals surface area contributed by atoms with Gasteiger partial charge >= 0.3 is 0 Å². The Hall–Kier alpha value is -3.61. The third-order valence-electron chi connectivity index (χ3n) is 5.00. The van der Waals surface area contributed by atoms with Gasteiger partial charge in [0.25, 0.3) is 5.91 Å². The highest BCUT2D eigenvalue weighted by Crippen LogP contribution is 2.25. The summed E-state index contributed by atoms with van der Waals surface area (Å²) in [6.45, 7) is 8.04. The van der Waals surface area contributed by atoms with Crippen LogP contribution >= 0.6 is 0 Å². The zero-order chi connectivity index (χ0) is 21.5. The molecule has 0 bridgehead atoms. The first kappa shape index (κ1) is 21.1. The molecule has 1 aromatic heterocycles. The number of amides is 1. The number of methoxy groups -OCH3 is 1. The largest absolute Gasteiger partial charge is 0.497 e. The van der Waals surface area contributed by atoms with E-state index in [4.69, 9.17) is 4.74 Å². The van der Waals surface area contributed by atoms with E-state index in [1.54, 1.807) is 13.3 Å². The highest BCUT2D eigenvalue weighted by Gasteiger charge is 2.16. The second kappa shape index (κ2) is 9.73. The van der Waals surface area contributed by atoms with Crippen molar-refractivity contribution in [2.45, 2.75) is 20.8 Å². The summed E-state index contributed by atoms with van der Waals surface area (Å²) < 4.78 is 5.18. The van der Waals surface area contributed by atoms with E-state index in [-0.39, 0.29) is 5.91 Å². The van der Waals surface area contributed by atoms with E-state index in [1.807, 2.05) is 43.3 Å². The van der Waals surface area contributed by atoms with E-state index in [0.717, 1.165) is 41.2 Å². The number of aromatic amines is 1. The lowest BCUT2D eigenvalue weighted by atomic mass is 10.1. The topological polar surface area (TPSA) is 82.6 Å². The van der Waals surface area contributed by atoms with E-state index >= 15 is 0 Å². The Balaban J connectivity index is 1.65. The van der Waals surface area contributed by atoms with Gasteiger partial charge in [0.05, 0.1) is 19.0 Å². The number of carbonyl (C=O) groups is 1. The van der Waals surface area contributed by atoms with Crippen LogP contribution in [-0.2, 0) is 0 Å². The number of nitrogens with one attached hydrogen (secondary N) is 2. The molecule has 3 aromatic rings. The van der Waals surface area contributed by atoms with Gasteiger partial charge in [-0.2, -0.15) is 10.2 Å². The second-order valence-electron chi connectivity index (χ2n) is 6.76. The van der Waals surface area contributed by atoms with Crippen molar-refractivity contribution in [1.82, 2.24) is 15.6 Å². The van der Waals surface area contributed by atoms with Crippen molar-refractivity contribution in [2.24, 2.45) is 5.10 Å². The van der Waals surface area contributed by atoms with Gasteiger partial charge in [-0.05, 0) is 62.7 Å². The highest BCUT2D eigenvalue weighted by atomic mass is 16.5. The smallest absolute Gasteiger partial charge is 0.289 e. The molecular formula is C23H27N5O2. The van der Waals surface area contributed by atoms with Crippen molar-refractivity contribution in [3.8, 4) is 17.0 Å². The Morgan fingerprint density at radius 3 is 2.40 bits per heavy atom. The van der Waals surface area contributed by atoms with Gasteiger partial charge in [-0.15, -0.1) is 0 Å². The van der Waals surface area contributed by atoms with Crippen molar-refractivity contribution in [3.05, 3.63) is 65.4 Å². The third kappa shape index (κ3) is 4.68. The van der Waals surface area contributed by atoms with Gasteiger partial charge in [-0.3, -0.25) is 9.89 Å². The summed E-state index contributed by atoms with van der Waals surface area (Å²) in [4.78, 5) is 14.8. The number of H-pyrrole nitrogens is 1.